The second-order valence-corrected chi connectivity index (χ2v) is 5.81. The molecule has 6 heteroatoms. The van der Waals surface area contributed by atoms with E-state index in [0.717, 1.165) is 32.4 Å². The van der Waals surface area contributed by atoms with Crippen molar-refractivity contribution < 1.29 is 4.79 Å². The van der Waals surface area contributed by atoms with Crippen LogP contribution in [0.1, 0.15) is 37.8 Å². The highest BCUT2D eigenvalue weighted by Gasteiger charge is 2.32. The van der Waals surface area contributed by atoms with E-state index < -0.39 is 0 Å². The van der Waals surface area contributed by atoms with Gasteiger partial charge in [0, 0.05) is 25.0 Å². The van der Waals surface area contributed by atoms with E-state index in [0.29, 0.717) is 17.4 Å². The molecule has 0 radical (unpaired) electrons. The van der Waals surface area contributed by atoms with E-state index in [1.54, 1.807) is 12.1 Å². The molecule has 21 heavy (non-hydrogen) atoms. The number of carbonyl (C=O) groups is 1. The Balaban J connectivity index is 1.54. The maximum Gasteiger partial charge on any atom is 0.225 e. The summed E-state index contributed by atoms with van der Waals surface area (Å²) in [5, 5.41) is 19.8. The van der Waals surface area contributed by atoms with Crippen molar-refractivity contribution in [2.24, 2.45) is 5.92 Å². The van der Waals surface area contributed by atoms with Gasteiger partial charge in [0.25, 0.3) is 0 Å². The van der Waals surface area contributed by atoms with Crippen molar-refractivity contribution in [2.75, 3.05) is 18.4 Å². The van der Waals surface area contributed by atoms with E-state index in [4.69, 9.17) is 5.26 Å². The molecular weight excluding hydrogens is 266 g/mol. The lowest BCUT2D eigenvalue weighted by molar-refractivity contribution is -0.134. The summed E-state index contributed by atoms with van der Waals surface area (Å²) in [5.74, 6) is 1.23. The van der Waals surface area contributed by atoms with Gasteiger partial charge >= 0.3 is 0 Å². The number of nitrogens with one attached hydrogen (secondary N) is 1. The Morgan fingerprint density at radius 2 is 2.10 bits per heavy atom. The summed E-state index contributed by atoms with van der Waals surface area (Å²) in [4.78, 5) is 14.3. The number of rotatable bonds is 3. The smallest absolute Gasteiger partial charge is 0.225 e. The van der Waals surface area contributed by atoms with Crippen LogP contribution in [0.15, 0.2) is 12.1 Å². The third-order valence-electron chi connectivity index (χ3n) is 4.34. The Hall–Kier alpha value is -2.16. The minimum atomic E-state index is 0.220. The van der Waals surface area contributed by atoms with E-state index in [1.807, 2.05) is 11.0 Å². The first-order valence-electron chi connectivity index (χ1n) is 7.55. The van der Waals surface area contributed by atoms with Gasteiger partial charge in [-0.3, -0.25) is 4.79 Å². The third kappa shape index (κ3) is 3.13. The average molecular weight is 285 g/mol. The SMILES string of the molecule is N#Cc1ccc(NC2CCN(C(=O)C3CCCC3)C2)nn1. The largest absolute Gasteiger partial charge is 0.364 e. The fourth-order valence-electron chi connectivity index (χ4n) is 3.19. The number of hydrogen-bond donors (Lipinski definition) is 1. The standard InChI is InChI=1S/C15H19N5O/c16-9-12-5-6-14(19-18-12)17-13-7-8-20(10-13)15(21)11-3-1-2-4-11/h5-6,11,13H,1-4,7-8,10H2,(H,17,19). The van der Waals surface area contributed by atoms with Crippen LogP contribution in [-0.2, 0) is 4.79 Å². The van der Waals surface area contributed by atoms with Crippen molar-refractivity contribution in [3.63, 3.8) is 0 Å². The van der Waals surface area contributed by atoms with Crippen molar-refractivity contribution in [3.8, 4) is 6.07 Å². The van der Waals surface area contributed by atoms with Gasteiger partial charge in [-0.05, 0) is 31.4 Å². The summed E-state index contributed by atoms with van der Waals surface area (Å²) in [6, 6.07) is 5.57. The fraction of sp³-hybridized carbons (Fsp3) is 0.600. The van der Waals surface area contributed by atoms with Crippen LogP contribution in [0.4, 0.5) is 5.82 Å². The van der Waals surface area contributed by atoms with Gasteiger partial charge in [-0.1, -0.05) is 12.8 Å². The van der Waals surface area contributed by atoms with Crippen molar-refractivity contribution in [2.45, 2.75) is 38.1 Å². The zero-order valence-electron chi connectivity index (χ0n) is 12.0. The van der Waals surface area contributed by atoms with Crippen LogP contribution in [0.5, 0.6) is 0 Å². The molecule has 3 rings (SSSR count). The maximum atomic E-state index is 12.4. The number of likely N-dealkylation sites (tertiary alicyclic amines) is 1. The summed E-state index contributed by atoms with van der Waals surface area (Å²) in [7, 11) is 0. The second kappa shape index (κ2) is 6.08. The Morgan fingerprint density at radius 1 is 1.29 bits per heavy atom. The minimum absolute atomic E-state index is 0.220. The van der Waals surface area contributed by atoms with Gasteiger partial charge in [0.15, 0.2) is 5.69 Å². The number of aromatic nitrogens is 2. The molecule has 0 spiro atoms. The number of nitriles is 1. The fourth-order valence-corrected chi connectivity index (χ4v) is 3.19. The summed E-state index contributed by atoms with van der Waals surface area (Å²) >= 11 is 0. The number of nitrogens with zero attached hydrogens (tertiary/aromatic N) is 4. The summed E-state index contributed by atoms with van der Waals surface area (Å²) in [6.45, 7) is 1.55. The Kier molecular flexibility index (Phi) is 4.00. The van der Waals surface area contributed by atoms with E-state index in [2.05, 4.69) is 15.5 Å². The Morgan fingerprint density at radius 3 is 2.76 bits per heavy atom. The number of hydrogen-bond acceptors (Lipinski definition) is 5. The zero-order valence-corrected chi connectivity index (χ0v) is 12.0. The van der Waals surface area contributed by atoms with Crippen LogP contribution >= 0.6 is 0 Å². The first kappa shape index (κ1) is 13.8. The number of carbonyl (C=O) groups excluding carboxylic acids is 1. The van der Waals surface area contributed by atoms with Crippen LogP contribution in [0, 0.1) is 17.2 Å². The quantitative estimate of drug-likeness (QED) is 0.911. The van der Waals surface area contributed by atoms with Gasteiger partial charge in [0.05, 0.1) is 0 Å². The minimum Gasteiger partial charge on any atom is -0.364 e. The summed E-state index contributed by atoms with van der Waals surface area (Å²) in [5.41, 5.74) is 0.310. The predicted molar refractivity (Wildman–Crippen MR) is 77.3 cm³/mol. The lowest BCUT2D eigenvalue weighted by Gasteiger charge is -2.20. The van der Waals surface area contributed by atoms with Gasteiger partial charge in [0.2, 0.25) is 5.91 Å². The molecule has 110 valence electrons. The first-order chi connectivity index (χ1) is 10.3. The van der Waals surface area contributed by atoms with E-state index >= 15 is 0 Å². The molecule has 1 N–H and O–H groups in total. The topological polar surface area (TPSA) is 81.9 Å². The van der Waals surface area contributed by atoms with Gasteiger partial charge in [0.1, 0.15) is 11.9 Å². The monoisotopic (exact) mass is 285 g/mol. The van der Waals surface area contributed by atoms with Gasteiger partial charge in [-0.15, -0.1) is 10.2 Å². The van der Waals surface area contributed by atoms with Gasteiger partial charge in [-0.2, -0.15) is 5.26 Å². The van der Waals surface area contributed by atoms with Crippen LogP contribution < -0.4 is 5.32 Å². The molecule has 1 saturated carbocycles. The molecule has 1 aromatic heterocycles. The molecule has 1 aromatic rings. The number of amides is 1. The van der Waals surface area contributed by atoms with E-state index in [1.165, 1.54) is 12.8 Å². The van der Waals surface area contributed by atoms with Crippen molar-refractivity contribution in [1.82, 2.24) is 15.1 Å². The van der Waals surface area contributed by atoms with Crippen LogP contribution in [-0.4, -0.2) is 40.1 Å². The van der Waals surface area contributed by atoms with Crippen molar-refractivity contribution in [3.05, 3.63) is 17.8 Å². The lowest BCUT2D eigenvalue weighted by Crippen LogP contribution is -2.35. The molecule has 6 nitrogen and oxygen atoms in total. The normalized spacial score (nSPS) is 22.2. The molecule has 2 aliphatic rings. The second-order valence-electron chi connectivity index (χ2n) is 5.81. The molecular formula is C15H19N5O. The van der Waals surface area contributed by atoms with Gasteiger partial charge in [-0.25, -0.2) is 0 Å². The molecule has 1 saturated heterocycles. The van der Waals surface area contributed by atoms with Crippen LogP contribution in [0.2, 0.25) is 0 Å². The van der Waals surface area contributed by atoms with E-state index in [-0.39, 0.29) is 12.0 Å². The summed E-state index contributed by atoms with van der Waals surface area (Å²) in [6.07, 6.45) is 5.41. The Bertz CT molecular complexity index is 544. The molecule has 0 aromatic carbocycles. The van der Waals surface area contributed by atoms with Gasteiger partial charge < -0.3 is 10.2 Å². The van der Waals surface area contributed by atoms with Crippen molar-refractivity contribution >= 4 is 11.7 Å². The first-order valence-corrected chi connectivity index (χ1v) is 7.55. The Labute approximate surface area is 124 Å². The highest BCUT2D eigenvalue weighted by atomic mass is 16.2. The highest BCUT2D eigenvalue weighted by Crippen LogP contribution is 2.28. The zero-order chi connectivity index (χ0) is 14.7. The number of anilines is 1. The summed E-state index contributed by atoms with van der Waals surface area (Å²) < 4.78 is 0. The van der Waals surface area contributed by atoms with Crippen LogP contribution in [0.25, 0.3) is 0 Å². The molecule has 0 bridgehead atoms. The van der Waals surface area contributed by atoms with Crippen LogP contribution in [0.3, 0.4) is 0 Å². The highest BCUT2D eigenvalue weighted by molar-refractivity contribution is 5.79. The van der Waals surface area contributed by atoms with Crippen molar-refractivity contribution in [1.29, 1.82) is 5.26 Å². The molecule has 2 fully saturated rings. The molecule has 1 aliphatic heterocycles. The molecule has 1 amide bonds. The molecule has 2 heterocycles. The van der Waals surface area contributed by atoms with E-state index in [9.17, 15) is 4.79 Å². The molecule has 1 atom stereocenters. The molecule has 1 unspecified atom stereocenters. The average Bonchev–Trinajstić information content (AvgIpc) is 3.19. The predicted octanol–water partition coefficient (Wildman–Crippen LogP) is 1.55. The maximum absolute atomic E-state index is 12.4. The molecule has 1 aliphatic carbocycles. The third-order valence-corrected chi connectivity index (χ3v) is 4.34. The lowest BCUT2D eigenvalue weighted by atomic mass is 10.1.